The molecule has 0 aliphatic rings. The number of nitrogens with one attached hydrogen (secondary N) is 2. The number of carbonyl (C=O) groups excluding carboxylic acids is 1. The van der Waals surface area contributed by atoms with Crippen LogP contribution in [0.2, 0.25) is 0 Å². The van der Waals surface area contributed by atoms with Crippen LogP contribution in [0.5, 0.6) is 0 Å². The first-order valence-corrected chi connectivity index (χ1v) is 8.25. The molecule has 0 unspecified atom stereocenters. The molecule has 1 atom stereocenters. The molecule has 0 saturated carbocycles. The first-order chi connectivity index (χ1) is 13.2. The molecule has 2 heterocycles. The van der Waals surface area contributed by atoms with Crippen molar-refractivity contribution in [1.29, 1.82) is 0 Å². The number of carbonyl (C=O) groups is 1. The van der Waals surface area contributed by atoms with E-state index in [0.29, 0.717) is 11.6 Å². The Labute approximate surface area is 169 Å². The molecule has 29 heavy (non-hydrogen) atoms. The Hall–Kier alpha value is -2.99. The van der Waals surface area contributed by atoms with Gasteiger partial charge in [0.25, 0.3) is 5.82 Å². The highest BCUT2D eigenvalue weighted by Gasteiger charge is 2.36. The lowest BCUT2D eigenvalue weighted by Crippen LogP contribution is -2.29. The average Bonchev–Trinajstić information content (AvgIpc) is 3.28. The molecule has 0 spiro atoms. The number of benzene rings is 1. The third-order valence-electron chi connectivity index (χ3n) is 3.67. The molecule has 0 radical (unpaired) electrons. The molecular formula is C16H18ClF3N8O. The van der Waals surface area contributed by atoms with Gasteiger partial charge in [-0.15, -0.1) is 17.5 Å². The second-order valence-electron chi connectivity index (χ2n) is 5.99. The van der Waals surface area contributed by atoms with Gasteiger partial charge in [-0.2, -0.15) is 18.3 Å². The predicted molar refractivity (Wildman–Crippen MR) is 98.5 cm³/mol. The Balaban J connectivity index is 0.00000300. The molecule has 3 aromatic rings. The van der Waals surface area contributed by atoms with Crippen molar-refractivity contribution in [3.05, 3.63) is 47.8 Å². The maximum Gasteiger partial charge on any atom is 0.453 e. The van der Waals surface area contributed by atoms with E-state index in [1.54, 1.807) is 6.92 Å². The second-order valence-corrected chi connectivity index (χ2v) is 5.99. The van der Waals surface area contributed by atoms with Gasteiger partial charge >= 0.3 is 6.18 Å². The largest absolute Gasteiger partial charge is 0.453 e. The maximum absolute atomic E-state index is 12.5. The molecule has 0 aliphatic heterocycles. The highest BCUT2D eigenvalue weighted by Crippen LogP contribution is 2.25. The van der Waals surface area contributed by atoms with Crippen molar-refractivity contribution in [2.24, 2.45) is 5.73 Å². The monoisotopic (exact) mass is 430 g/mol. The Bertz CT molecular complexity index is 955. The highest BCUT2D eigenvalue weighted by atomic mass is 35.5. The van der Waals surface area contributed by atoms with Gasteiger partial charge in [0.1, 0.15) is 18.2 Å². The minimum absolute atomic E-state index is 0. The van der Waals surface area contributed by atoms with Crippen molar-refractivity contribution in [3.8, 4) is 11.4 Å². The zero-order valence-electron chi connectivity index (χ0n) is 15.1. The number of nitrogens with two attached hydrogens (primary N) is 1. The van der Waals surface area contributed by atoms with E-state index in [0.717, 1.165) is 5.56 Å². The van der Waals surface area contributed by atoms with E-state index in [9.17, 15) is 18.0 Å². The fourth-order valence-electron chi connectivity index (χ4n) is 2.39. The first kappa shape index (κ1) is 22.3. The van der Waals surface area contributed by atoms with Gasteiger partial charge in [0, 0.05) is 5.56 Å². The number of hydrogen-bond donors (Lipinski definition) is 3. The molecular weight excluding hydrogens is 413 g/mol. The van der Waals surface area contributed by atoms with Gasteiger partial charge in [0.15, 0.2) is 5.82 Å². The molecule has 0 saturated heterocycles. The van der Waals surface area contributed by atoms with Crippen LogP contribution in [0.4, 0.5) is 13.2 Å². The van der Waals surface area contributed by atoms with Crippen LogP contribution in [0, 0.1) is 0 Å². The number of H-pyrrole nitrogens is 1. The van der Waals surface area contributed by atoms with Crippen molar-refractivity contribution in [3.63, 3.8) is 0 Å². The van der Waals surface area contributed by atoms with Crippen LogP contribution in [0.15, 0.2) is 30.3 Å². The SMILES string of the molecule is C[C@H](N)c1nc(-c2ccccc2)nn1CC(=O)NCc1nc(C(F)(F)F)n[nH]1.Cl. The summed E-state index contributed by atoms with van der Waals surface area (Å²) in [6.07, 6.45) is -4.65. The molecule has 1 aromatic carbocycles. The summed E-state index contributed by atoms with van der Waals surface area (Å²) in [5.41, 5.74) is 6.67. The lowest BCUT2D eigenvalue weighted by atomic mass is 10.2. The van der Waals surface area contributed by atoms with Crippen LogP contribution in [0.1, 0.15) is 30.4 Å². The zero-order chi connectivity index (χ0) is 20.3. The fourth-order valence-corrected chi connectivity index (χ4v) is 2.39. The second kappa shape index (κ2) is 9.01. The fraction of sp³-hybridized carbons (Fsp3) is 0.312. The van der Waals surface area contributed by atoms with Gasteiger partial charge in [-0.1, -0.05) is 30.3 Å². The topological polar surface area (TPSA) is 127 Å². The number of halogens is 4. The Kier molecular flexibility index (Phi) is 6.93. The van der Waals surface area contributed by atoms with E-state index >= 15 is 0 Å². The number of rotatable bonds is 6. The summed E-state index contributed by atoms with van der Waals surface area (Å²) in [5.74, 6) is -1.06. The van der Waals surface area contributed by atoms with E-state index < -0.39 is 23.9 Å². The first-order valence-electron chi connectivity index (χ1n) is 8.25. The Morgan fingerprint density at radius 3 is 2.55 bits per heavy atom. The molecule has 4 N–H and O–H groups in total. The molecule has 9 nitrogen and oxygen atoms in total. The van der Waals surface area contributed by atoms with E-state index in [4.69, 9.17) is 5.73 Å². The van der Waals surface area contributed by atoms with Crippen LogP contribution in [-0.2, 0) is 24.1 Å². The van der Waals surface area contributed by atoms with Crippen molar-refractivity contribution in [1.82, 2.24) is 35.3 Å². The van der Waals surface area contributed by atoms with Crippen LogP contribution < -0.4 is 11.1 Å². The molecule has 1 amide bonds. The summed E-state index contributed by atoms with van der Waals surface area (Å²) in [5, 5.41) is 12.0. The predicted octanol–water partition coefficient (Wildman–Crippen LogP) is 1.84. The number of alkyl halides is 3. The number of amides is 1. The minimum Gasteiger partial charge on any atom is -0.347 e. The summed E-state index contributed by atoms with van der Waals surface area (Å²) < 4.78 is 38.8. The average molecular weight is 431 g/mol. The van der Waals surface area contributed by atoms with Gasteiger partial charge < -0.3 is 11.1 Å². The Morgan fingerprint density at radius 2 is 1.97 bits per heavy atom. The van der Waals surface area contributed by atoms with Crippen molar-refractivity contribution >= 4 is 18.3 Å². The van der Waals surface area contributed by atoms with Gasteiger partial charge in [-0.25, -0.2) is 14.6 Å². The molecule has 0 aliphatic carbocycles. The van der Waals surface area contributed by atoms with Crippen LogP contribution in [0.3, 0.4) is 0 Å². The zero-order valence-corrected chi connectivity index (χ0v) is 16.0. The molecule has 2 aromatic heterocycles. The number of aromatic amines is 1. The summed E-state index contributed by atoms with van der Waals surface area (Å²) in [6, 6.07) is 8.71. The van der Waals surface area contributed by atoms with E-state index in [-0.39, 0.29) is 31.3 Å². The van der Waals surface area contributed by atoms with Gasteiger partial charge in [-0.05, 0) is 6.92 Å². The smallest absolute Gasteiger partial charge is 0.347 e. The number of aromatic nitrogens is 6. The van der Waals surface area contributed by atoms with E-state index in [1.165, 1.54) is 4.68 Å². The number of hydrogen-bond acceptors (Lipinski definition) is 6. The Morgan fingerprint density at radius 1 is 1.28 bits per heavy atom. The summed E-state index contributed by atoms with van der Waals surface area (Å²) >= 11 is 0. The van der Waals surface area contributed by atoms with Crippen molar-refractivity contribution in [2.45, 2.75) is 32.2 Å². The lowest BCUT2D eigenvalue weighted by Gasteiger charge is -2.08. The molecule has 0 bridgehead atoms. The highest BCUT2D eigenvalue weighted by molar-refractivity contribution is 5.85. The van der Waals surface area contributed by atoms with Gasteiger partial charge in [0.2, 0.25) is 5.91 Å². The molecule has 13 heteroatoms. The molecule has 3 rings (SSSR count). The summed E-state index contributed by atoms with van der Waals surface area (Å²) in [6.45, 7) is 1.27. The third kappa shape index (κ3) is 5.51. The van der Waals surface area contributed by atoms with Crippen LogP contribution in [0.25, 0.3) is 11.4 Å². The van der Waals surface area contributed by atoms with Crippen LogP contribution in [-0.4, -0.2) is 35.9 Å². The number of nitrogens with zero attached hydrogens (tertiary/aromatic N) is 5. The minimum atomic E-state index is -4.65. The quantitative estimate of drug-likeness (QED) is 0.547. The molecule has 156 valence electrons. The summed E-state index contributed by atoms with van der Waals surface area (Å²) in [4.78, 5) is 19.8. The lowest BCUT2D eigenvalue weighted by molar-refractivity contribution is -0.144. The summed E-state index contributed by atoms with van der Waals surface area (Å²) in [7, 11) is 0. The van der Waals surface area contributed by atoms with Crippen molar-refractivity contribution in [2.75, 3.05) is 0 Å². The molecule has 0 fully saturated rings. The normalized spacial score (nSPS) is 12.3. The van der Waals surface area contributed by atoms with Gasteiger partial charge in [0.05, 0.1) is 12.6 Å². The van der Waals surface area contributed by atoms with E-state index in [2.05, 4.69) is 30.6 Å². The maximum atomic E-state index is 12.5. The van der Waals surface area contributed by atoms with Gasteiger partial charge in [-0.3, -0.25) is 9.89 Å². The van der Waals surface area contributed by atoms with E-state index in [1.807, 2.05) is 30.3 Å². The standard InChI is InChI=1S/C16H17F3N8O.ClH/c1-9(20)14-23-13(10-5-3-2-4-6-10)26-27(14)8-12(28)21-7-11-22-15(25-24-11)16(17,18)19;/h2-6,9H,7-8,20H2,1H3,(H,21,28)(H,22,24,25);1H/t9-;/m0./s1. The van der Waals surface area contributed by atoms with Crippen molar-refractivity contribution < 1.29 is 18.0 Å². The van der Waals surface area contributed by atoms with Crippen LogP contribution >= 0.6 is 12.4 Å². The third-order valence-corrected chi connectivity index (χ3v) is 3.67.